The molecule has 220 valence electrons. The third-order valence-electron chi connectivity index (χ3n) is 7.04. The Kier molecular flexibility index (Phi) is 11.0. The van der Waals surface area contributed by atoms with E-state index in [0.29, 0.717) is 29.2 Å². The van der Waals surface area contributed by atoms with Crippen LogP contribution in [0.3, 0.4) is 0 Å². The van der Waals surface area contributed by atoms with Gasteiger partial charge in [-0.1, -0.05) is 74.3 Å². The Bertz CT molecular complexity index is 1470. The van der Waals surface area contributed by atoms with E-state index in [2.05, 4.69) is 5.32 Å². The summed E-state index contributed by atoms with van der Waals surface area (Å²) in [7, 11) is -4.13. The summed E-state index contributed by atoms with van der Waals surface area (Å²) in [6, 6.07) is 18.1. The molecule has 2 amide bonds. The summed E-state index contributed by atoms with van der Waals surface area (Å²) in [5.41, 5.74) is 3.85. The number of rotatable bonds is 12. The Labute approximate surface area is 249 Å². The molecule has 0 saturated carbocycles. The summed E-state index contributed by atoms with van der Waals surface area (Å²) in [4.78, 5) is 29.0. The molecule has 0 saturated heterocycles. The number of amides is 2. The Hall–Kier alpha value is -3.36. The number of hydrogen-bond acceptors (Lipinski definition) is 4. The molecule has 41 heavy (non-hydrogen) atoms. The molecule has 0 aromatic heterocycles. The van der Waals surface area contributed by atoms with Gasteiger partial charge < -0.3 is 10.2 Å². The number of anilines is 1. The third-order valence-corrected chi connectivity index (χ3v) is 9.19. The second-order valence-electron chi connectivity index (χ2n) is 10.8. The Morgan fingerprint density at radius 3 is 2.17 bits per heavy atom. The summed E-state index contributed by atoms with van der Waals surface area (Å²) >= 11 is 6.46. The van der Waals surface area contributed by atoms with Gasteiger partial charge >= 0.3 is 0 Å². The molecule has 0 unspecified atom stereocenters. The van der Waals surface area contributed by atoms with Gasteiger partial charge in [0.25, 0.3) is 10.0 Å². The molecule has 1 N–H and O–H groups in total. The smallest absolute Gasteiger partial charge is 0.264 e. The maximum Gasteiger partial charge on any atom is 0.264 e. The highest BCUT2D eigenvalue weighted by Gasteiger charge is 2.34. The molecular weight excluding hydrogens is 558 g/mol. The predicted molar refractivity (Wildman–Crippen MR) is 166 cm³/mol. The summed E-state index contributed by atoms with van der Waals surface area (Å²) in [6.07, 6.45) is 0.342. The molecule has 0 fully saturated rings. The first kappa shape index (κ1) is 32.2. The molecule has 0 heterocycles. The first-order chi connectivity index (χ1) is 19.3. The molecular formula is C32H40ClN3O4S. The van der Waals surface area contributed by atoms with E-state index in [1.165, 1.54) is 4.90 Å². The van der Waals surface area contributed by atoms with Crippen molar-refractivity contribution in [1.82, 2.24) is 10.2 Å². The Morgan fingerprint density at radius 2 is 1.59 bits per heavy atom. The van der Waals surface area contributed by atoms with Crippen LogP contribution in [0.1, 0.15) is 49.4 Å². The van der Waals surface area contributed by atoms with Crippen LogP contribution in [0.5, 0.6) is 0 Å². The number of carbonyl (C=O) groups excluding carboxylic acids is 2. The lowest BCUT2D eigenvalue weighted by molar-refractivity contribution is -0.140. The number of halogens is 1. The zero-order valence-corrected chi connectivity index (χ0v) is 26.2. The van der Waals surface area contributed by atoms with Crippen LogP contribution in [0.25, 0.3) is 0 Å². The standard InChI is InChI=1S/C32H40ClN3O4S/c1-7-30(32(38)34-19-22(2)3)35(20-26-10-8-9-11-29(26)33)31(37)21-36(27-15-14-24(5)25(6)18-27)41(39,40)28-16-12-23(4)13-17-28/h8-18,22,30H,7,19-21H2,1-6H3,(H,34,38)/t30-/m0/s1. The van der Waals surface area contributed by atoms with Gasteiger partial charge in [-0.15, -0.1) is 0 Å². The van der Waals surface area contributed by atoms with Crippen molar-refractivity contribution in [2.45, 2.75) is 65.4 Å². The zero-order valence-electron chi connectivity index (χ0n) is 24.6. The molecule has 7 nitrogen and oxygen atoms in total. The van der Waals surface area contributed by atoms with Crippen molar-refractivity contribution in [3.8, 4) is 0 Å². The minimum atomic E-state index is -4.13. The maximum atomic E-state index is 14.2. The van der Waals surface area contributed by atoms with Gasteiger partial charge in [0.1, 0.15) is 12.6 Å². The molecule has 1 atom stereocenters. The largest absolute Gasteiger partial charge is 0.354 e. The fraction of sp³-hybridized carbons (Fsp3) is 0.375. The molecule has 3 rings (SSSR count). The van der Waals surface area contributed by atoms with Crippen LogP contribution >= 0.6 is 11.6 Å². The molecule has 0 aliphatic carbocycles. The van der Waals surface area contributed by atoms with Crippen LogP contribution in [0, 0.1) is 26.7 Å². The van der Waals surface area contributed by atoms with E-state index in [1.807, 2.05) is 53.7 Å². The van der Waals surface area contributed by atoms with Crippen LogP contribution < -0.4 is 9.62 Å². The SMILES string of the molecule is CC[C@@H](C(=O)NCC(C)C)N(Cc1ccccc1Cl)C(=O)CN(c1ccc(C)c(C)c1)S(=O)(=O)c1ccc(C)cc1. The number of carbonyl (C=O) groups is 2. The summed E-state index contributed by atoms with van der Waals surface area (Å²) in [5.74, 6) is -0.574. The third kappa shape index (κ3) is 8.11. The van der Waals surface area contributed by atoms with E-state index in [-0.39, 0.29) is 23.3 Å². The van der Waals surface area contributed by atoms with Gasteiger partial charge in [-0.25, -0.2) is 8.42 Å². The van der Waals surface area contributed by atoms with E-state index < -0.39 is 28.5 Å². The van der Waals surface area contributed by atoms with Crippen molar-refractivity contribution in [2.75, 3.05) is 17.4 Å². The van der Waals surface area contributed by atoms with Gasteiger partial charge in [-0.3, -0.25) is 13.9 Å². The van der Waals surface area contributed by atoms with Gasteiger partial charge in [0.2, 0.25) is 11.8 Å². The quantitative estimate of drug-likeness (QED) is 0.276. The van der Waals surface area contributed by atoms with Crippen LogP contribution in [-0.2, 0) is 26.2 Å². The molecule has 9 heteroatoms. The molecule has 0 aliphatic heterocycles. The van der Waals surface area contributed by atoms with Crippen LogP contribution in [-0.4, -0.2) is 44.3 Å². The van der Waals surface area contributed by atoms with E-state index >= 15 is 0 Å². The first-order valence-electron chi connectivity index (χ1n) is 13.8. The molecule has 3 aromatic rings. The van der Waals surface area contributed by atoms with Crippen molar-refractivity contribution in [2.24, 2.45) is 5.92 Å². The van der Waals surface area contributed by atoms with Crippen molar-refractivity contribution in [1.29, 1.82) is 0 Å². The second kappa shape index (κ2) is 14.0. The van der Waals surface area contributed by atoms with Gasteiger partial charge in [-0.2, -0.15) is 0 Å². The van der Waals surface area contributed by atoms with Gasteiger partial charge in [0.15, 0.2) is 0 Å². The summed E-state index contributed by atoms with van der Waals surface area (Å²) in [5, 5.41) is 3.39. The predicted octanol–water partition coefficient (Wildman–Crippen LogP) is 6.04. The molecule has 3 aromatic carbocycles. The number of nitrogens with zero attached hydrogens (tertiary/aromatic N) is 2. The average molecular weight is 598 g/mol. The topological polar surface area (TPSA) is 86.8 Å². The summed E-state index contributed by atoms with van der Waals surface area (Å²) < 4.78 is 29.2. The number of benzene rings is 3. The highest BCUT2D eigenvalue weighted by molar-refractivity contribution is 7.92. The van der Waals surface area contributed by atoms with Crippen LogP contribution in [0.15, 0.2) is 71.6 Å². The van der Waals surface area contributed by atoms with Crippen molar-refractivity contribution in [3.63, 3.8) is 0 Å². The molecule has 0 spiro atoms. The lowest BCUT2D eigenvalue weighted by Gasteiger charge is -2.33. The fourth-order valence-electron chi connectivity index (χ4n) is 4.40. The average Bonchev–Trinajstić information content (AvgIpc) is 2.93. The van der Waals surface area contributed by atoms with Crippen LogP contribution in [0.2, 0.25) is 5.02 Å². The lowest BCUT2D eigenvalue weighted by atomic mass is 10.1. The second-order valence-corrected chi connectivity index (χ2v) is 13.0. The van der Waals surface area contributed by atoms with Gasteiger partial charge in [-0.05, 0) is 80.1 Å². The maximum absolute atomic E-state index is 14.2. The van der Waals surface area contributed by atoms with Gasteiger partial charge in [0, 0.05) is 18.1 Å². The first-order valence-corrected chi connectivity index (χ1v) is 15.6. The number of hydrogen-bond donors (Lipinski definition) is 1. The lowest BCUT2D eigenvalue weighted by Crippen LogP contribution is -2.52. The van der Waals surface area contributed by atoms with Crippen molar-refractivity contribution >= 4 is 39.1 Å². The van der Waals surface area contributed by atoms with E-state index in [4.69, 9.17) is 11.6 Å². The molecule has 0 radical (unpaired) electrons. The zero-order chi connectivity index (χ0) is 30.3. The normalized spacial score (nSPS) is 12.2. The number of nitrogens with one attached hydrogen (secondary N) is 1. The van der Waals surface area contributed by atoms with Gasteiger partial charge in [0.05, 0.1) is 10.6 Å². The summed E-state index contributed by atoms with van der Waals surface area (Å²) in [6.45, 7) is 11.5. The molecule has 0 bridgehead atoms. The highest BCUT2D eigenvalue weighted by Crippen LogP contribution is 2.27. The number of aryl methyl sites for hydroxylation is 3. The monoisotopic (exact) mass is 597 g/mol. The highest BCUT2D eigenvalue weighted by atomic mass is 35.5. The molecule has 0 aliphatic rings. The minimum absolute atomic E-state index is 0.0530. The fourth-order valence-corrected chi connectivity index (χ4v) is 6.00. The van der Waals surface area contributed by atoms with Crippen LogP contribution in [0.4, 0.5) is 5.69 Å². The van der Waals surface area contributed by atoms with E-state index in [0.717, 1.165) is 21.0 Å². The number of sulfonamides is 1. The minimum Gasteiger partial charge on any atom is -0.354 e. The Balaban J connectivity index is 2.08. The van der Waals surface area contributed by atoms with Crippen molar-refractivity contribution in [3.05, 3.63) is 94.0 Å². The van der Waals surface area contributed by atoms with E-state index in [9.17, 15) is 18.0 Å². The Morgan fingerprint density at radius 1 is 0.927 bits per heavy atom. The van der Waals surface area contributed by atoms with Crippen molar-refractivity contribution < 1.29 is 18.0 Å². The van der Waals surface area contributed by atoms with E-state index in [1.54, 1.807) is 54.6 Å².